The van der Waals surface area contributed by atoms with Gasteiger partial charge in [-0.25, -0.2) is 0 Å². The topological polar surface area (TPSA) is 49.9 Å². The molecule has 0 aliphatic rings. The zero-order chi connectivity index (χ0) is 17.4. The van der Waals surface area contributed by atoms with Crippen molar-refractivity contribution in [2.24, 2.45) is 0 Å². The van der Waals surface area contributed by atoms with Crippen molar-refractivity contribution >= 4 is 63.8 Å². The van der Waals surface area contributed by atoms with Crippen molar-refractivity contribution in [1.29, 1.82) is 0 Å². The summed E-state index contributed by atoms with van der Waals surface area (Å²) in [7, 11) is 0. The maximum Gasteiger partial charge on any atom is 0.258 e. The van der Waals surface area contributed by atoms with E-state index >= 15 is 0 Å². The highest BCUT2D eigenvalue weighted by Gasteiger charge is 2.16. The number of rotatable bonds is 0. The summed E-state index contributed by atoms with van der Waals surface area (Å²) < 4.78 is 2.29. The first-order valence-corrected chi connectivity index (χ1v) is 9.19. The molecule has 4 aromatic carbocycles. The van der Waals surface area contributed by atoms with Crippen LogP contribution in [0.25, 0.3) is 52.5 Å². The normalized spacial score (nSPS) is 12.2. The lowest BCUT2D eigenvalue weighted by Gasteiger charge is -2.13. The van der Waals surface area contributed by atoms with Gasteiger partial charge < -0.3 is 0 Å². The van der Waals surface area contributed by atoms with E-state index < -0.39 is 0 Å². The molecule has 4 heteroatoms. The Balaban J connectivity index is 2.05. The van der Waals surface area contributed by atoms with E-state index in [4.69, 9.17) is 0 Å². The molecule has 0 saturated carbocycles. The summed E-state index contributed by atoms with van der Waals surface area (Å²) in [5.74, 6) is 0. The number of benzene rings is 4. The quantitative estimate of drug-likeness (QED) is 0.309. The molecule has 0 unspecified atom stereocenters. The van der Waals surface area contributed by atoms with Gasteiger partial charge in [-0.1, -0.05) is 36.4 Å². The zero-order valence-corrected chi connectivity index (χ0v) is 14.3. The fraction of sp³-hybridized carbons (Fsp3) is 0. The third-order valence-electron chi connectivity index (χ3n) is 5.22. The first-order valence-electron chi connectivity index (χ1n) is 8.38. The van der Waals surface area contributed by atoms with Crippen LogP contribution in [0.5, 0.6) is 0 Å². The lowest BCUT2D eigenvalue weighted by molar-refractivity contribution is 1.22. The number of aromatic amines is 1. The highest BCUT2D eigenvalue weighted by molar-refractivity contribution is 7.25. The summed E-state index contributed by atoms with van der Waals surface area (Å²) in [6, 6.07) is 20.3. The average Bonchev–Trinajstić information content (AvgIpc) is 2.67. The van der Waals surface area contributed by atoms with E-state index in [-0.39, 0.29) is 11.1 Å². The minimum Gasteiger partial charge on any atom is -0.288 e. The molecule has 2 heterocycles. The van der Waals surface area contributed by atoms with Crippen LogP contribution in [0, 0.1) is 0 Å². The van der Waals surface area contributed by atoms with Gasteiger partial charge in [-0.3, -0.25) is 14.6 Å². The summed E-state index contributed by atoms with van der Waals surface area (Å²) in [4.78, 5) is 27.1. The second kappa shape index (κ2) is 4.68. The molecular formula is C22H11NO2S. The van der Waals surface area contributed by atoms with E-state index in [1.165, 1.54) is 20.9 Å². The van der Waals surface area contributed by atoms with Crippen LogP contribution in [-0.4, -0.2) is 4.98 Å². The Labute approximate surface area is 150 Å². The number of H-pyrrole nitrogens is 1. The Morgan fingerprint density at radius 3 is 2.08 bits per heavy atom. The predicted molar refractivity (Wildman–Crippen MR) is 110 cm³/mol. The average molecular weight is 353 g/mol. The Kier molecular flexibility index (Phi) is 2.52. The molecule has 0 aliphatic heterocycles. The standard InChI is InChI=1S/C22H11NO2S/c24-21-14-7-6-13-18-12-4-2-1-3-11(12)5-9-16(18)26-17-10-8-15(22(25)23-21)19(14)20(13)17/h1-10H,(H,23,24,25). The fourth-order valence-corrected chi connectivity index (χ4v) is 5.25. The molecule has 6 aromatic rings. The molecule has 0 fully saturated rings. The van der Waals surface area contributed by atoms with Crippen LogP contribution in [0.1, 0.15) is 0 Å². The Morgan fingerprint density at radius 1 is 0.577 bits per heavy atom. The molecule has 1 N–H and O–H groups in total. The summed E-state index contributed by atoms with van der Waals surface area (Å²) in [5.41, 5.74) is -0.639. The van der Waals surface area contributed by atoms with Crippen LogP contribution in [0.15, 0.2) is 70.3 Å². The highest BCUT2D eigenvalue weighted by Crippen LogP contribution is 2.41. The Hall–Kier alpha value is -3.24. The molecule has 0 radical (unpaired) electrons. The van der Waals surface area contributed by atoms with E-state index in [1.54, 1.807) is 11.3 Å². The van der Waals surface area contributed by atoms with E-state index in [9.17, 15) is 9.59 Å². The molecule has 0 saturated heterocycles. The van der Waals surface area contributed by atoms with Crippen molar-refractivity contribution in [3.05, 3.63) is 81.4 Å². The van der Waals surface area contributed by atoms with Crippen molar-refractivity contribution in [1.82, 2.24) is 4.98 Å². The number of pyridine rings is 1. The maximum atomic E-state index is 12.3. The second-order valence-electron chi connectivity index (χ2n) is 6.57. The van der Waals surface area contributed by atoms with Crippen LogP contribution < -0.4 is 11.1 Å². The van der Waals surface area contributed by atoms with E-state index in [1.807, 2.05) is 36.4 Å². The van der Waals surface area contributed by atoms with Crippen molar-refractivity contribution in [3.63, 3.8) is 0 Å². The molecule has 122 valence electrons. The number of hydrogen-bond acceptors (Lipinski definition) is 3. The van der Waals surface area contributed by atoms with E-state index in [0.29, 0.717) is 10.8 Å². The summed E-state index contributed by atoms with van der Waals surface area (Å²) >= 11 is 1.70. The highest BCUT2D eigenvalue weighted by atomic mass is 32.1. The van der Waals surface area contributed by atoms with E-state index in [0.717, 1.165) is 20.9 Å². The molecule has 0 spiro atoms. The number of nitrogens with one attached hydrogen (secondary N) is 1. The fourth-order valence-electron chi connectivity index (χ4n) is 4.11. The van der Waals surface area contributed by atoms with Gasteiger partial charge in [0.1, 0.15) is 0 Å². The predicted octanol–water partition coefficient (Wildman–Crippen LogP) is 5.00. The van der Waals surface area contributed by atoms with Gasteiger partial charge in [0.25, 0.3) is 11.1 Å². The minimum atomic E-state index is -0.320. The monoisotopic (exact) mass is 353 g/mol. The number of fused-ring (bicyclic) bond motifs is 4. The van der Waals surface area contributed by atoms with Crippen molar-refractivity contribution in [2.75, 3.05) is 0 Å². The number of hydrogen-bond donors (Lipinski definition) is 1. The zero-order valence-electron chi connectivity index (χ0n) is 13.5. The smallest absolute Gasteiger partial charge is 0.258 e. The molecule has 2 aromatic heterocycles. The van der Waals surface area contributed by atoms with E-state index in [2.05, 4.69) is 29.2 Å². The molecular weight excluding hydrogens is 342 g/mol. The van der Waals surface area contributed by atoms with Gasteiger partial charge >= 0.3 is 0 Å². The number of aromatic nitrogens is 1. The molecule has 0 bridgehead atoms. The van der Waals surface area contributed by atoms with Crippen LogP contribution in [0.3, 0.4) is 0 Å². The summed E-state index contributed by atoms with van der Waals surface area (Å²) in [6.45, 7) is 0. The van der Waals surface area contributed by atoms with Gasteiger partial charge in [0.15, 0.2) is 0 Å². The molecule has 0 atom stereocenters. The lowest BCUT2D eigenvalue weighted by Crippen LogP contribution is -2.19. The van der Waals surface area contributed by atoms with Crippen LogP contribution in [0.4, 0.5) is 0 Å². The molecule has 0 amide bonds. The lowest BCUT2D eigenvalue weighted by atomic mass is 9.96. The van der Waals surface area contributed by atoms with Gasteiger partial charge in [0, 0.05) is 36.3 Å². The third kappa shape index (κ3) is 1.62. The van der Waals surface area contributed by atoms with Gasteiger partial charge in [0.2, 0.25) is 0 Å². The van der Waals surface area contributed by atoms with Crippen LogP contribution in [-0.2, 0) is 0 Å². The molecule has 26 heavy (non-hydrogen) atoms. The summed E-state index contributed by atoms with van der Waals surface area (Å²) in [5, 5.41) is 7.59. The summed E-state index contributed by atoms with van der Waals surface area (Å²) in [6.07, 6.45) is 0. The first kappa shape index (κ1) is 14.0. The van der Waals surface area contributed by atoms with Gasteiger partial charge in [-0.15, -0.1) is 11.3 Å². The molecule has 3 nitrogen and oxygen atoms in total. The Morgan fingerprint density at radius 2 is 1.23 bits per heavy atom. The molecule has 6 rings (SSSR count). The van der Waals surface area contributed by atoms with Crippen molar-refractivity contribution < 1.29 is 0 Å². The minimum absolute atomic E-state index is 0.320. The maximum absolute atomic E-state index is 12.3. The first-order chi connectivity index (χ1) is 12.7. The molecule has 0 aliphatic carbocycles. The van der Waals surface area contributed by atoms with Gasteiger partial charge in [-0.05, 0) is 40.4 Å². The SMILES string of the molecule is O=c1[nH]c(=O)c2ccc3c4c(ccc5ccccc54)sc4ccc1c2c43. The third-order valence-corrected chi connectivity index (χ3v) is 6.34. The van der Waals surface area contributed by atoms with Gasteiger partial charge in [0.05, 0.1) is 0 Å². The largest absolute Gasteiger partial charge is 0.288 e. The van der Waals surface area contributed by atoms with Crippen LogP contribution in [0.2, 0.25) is 0 Å². The van der Waals surface area contributed by atoms with Crippen molar-refractivity contribution in [2.45, 2.75) is 0 Å². The Bertz CT molecular complexity index is 1600. The van der Waals surface area contributed by atoms with Crippen molar-refractivity contribution in [3.8, 4) is 0 Å². The van der Waals surface area contributed by atoms with Gasteiger partial charge in [-0.2, -0.15) is 0 Å². The second-order valence-corrected chi connectivity index (χ2v) is 7.65. The van der Waals surface area contributed by atoms with Crippen LogP contribution >= 0.6 is 11.3 Å².